The summed E-state index contributed by atoms with van der Waals surface area (Å²) in [5, 5.41) is 0. The van der Waals surface area contributed by atoms with Crippen molar-refractivity contribution >= 4 is 11.0 Å². The first-order valence-electron chi connectivity index (χ1n) is 0. The van der Waals surface area contributed by atoms with E-state index in [-0.39, 0.29) is 73.0 Å². The van der Waals surface area contributed by atoms with Crippen molar-refractivity contribution in [1.29, 1.82) is 0 Å². The summed E-state index contributed by atoms with van der Waals surface area (Å²) in [4.78, 5) is 0. The average molecular weight is 254 g/mol. The average Bonchev–Trinajstić information content (AvgIpc) is 0. The van der Waals surface area contributed by atoms with Crippen LogP contribution in [0.15, 0.2) is 0 Å². The molecule has 5 heavy (non-hydrogen) atoms. The molecule has 5 radical (unpaired) electrons. The topological polar surface area (TPSA) is 0 Å². The van der Waals surface area contributed by atoms with Crippen molar-refractivity contribution in [1.82, 2.24) is 0 Å². The third-order valence-electron chi connectivity index (χ3n) is 0. The largest absolute Gasteiger partial charge is 0.0776 e. The van der Waals surface area contributed by atoms with Crippen LogP contribution in [0.4, 0.5) is 0 Å². The number of rotatable bonds is 0. The molecule has 0 unspecified atom stereocenters. The first-order valence-corrected chi connectivity index (χ1v) is 0. The van der Waals surface area contributed by atoms with Gasteiger partial charge in [0, 0.05) is 65.6 Å². The van der Waals surface area contributed by atoms with E-state index in [1.807, 2.05) is 0 Å². The van der Waals surface area contributed by atoms with Gasteiger partial charge in [-0.15, -0.1) is 0 Å². The molecule has 0 aromatic carbocycles. The molecule has 0 aromatic rings. The Bertz CT molecular complexity index is 11.6. The summed E-state index contributed by atoms with van der Waals surface area (Å²) < 4.78 is 0. The standard InChI is InChI=1S/CH4.Mn.Mo.Ni.Si/h1H4;;;;. The molecule has 0 bridgehead atoms. The predicted octanol–water partition coefficient (Wildman–Crippen LogP) is 0.248. The van der Waals surface area contributed by atoms with E-state index in [1.54, 1.807) is 0 Å². The van der Waals surface area contributed by atoms with Crippen LogP contribution in [-0.4, -0.2) is 11.0 Å². The Hall–Kier alpha value is 1.92. The molecular formula is CH4MnMoNiSi. The Morgan fingerprint density at radius 2 is 1.00 bits per heavy atom. The van der Waals surface area contributed by atoms with Crippen LogP contribution in [-0.2, 0) is 54.6 Å². The molecule has 0 heterocycles. The summed E-state index contributed by atoms with van der Waals surface area (Å²) in [5.74, 6) is 0. The van der Waals surface area contributed by atoms with Crippen molar-refractivity contribution in [3.8, 4) is 0 Å². The zero-order valence-corrected chi connectivity index (χ0v) is 6.78. The zero-order chi connectivity index (χ0) is 0. The van der Waals surface area contributed by atoms with E-state index in [2.05, 4.69) is 0 Å². The fourth-order valence-corrected chi connectivity index (χ4v) is 0. The van der Waals surface area contributed by atoms with Gasteiger partial charge < -0.3 is 0 Å². The molecule has 0 amide bonds. The second-order valence-corrected chi connectivity index (χ2v) is 0. The van der Waals surface area contributed by atoms with E-state index >= 15 is 0 Å². The van der Waals surface area contributed by atoms with Gasteiger partial charge in [-0.1, -0.05) is 7.43 Å². The fraction of sp³-hybridized carbons (Fsp3) is 1.00. The molecule has 0 atom stereocenters. The first-order chi connectivity index (χ1) is 0. The number of hydrogen-bond donors (Lipinski definition) is 0. The van der Waals surface area contributed by atoms with Gasteiger partial charge in [0.25, 0.3) is 0 Å². The van der Waals surface area contributed by atoms with Gasteiger partial charge in [-0.25, -0.2) is 0 Å². The molecule has 0 aliphatic rings. The van der Waals surface area contributed by atoms with E-state index in [1.165, 1.54) is 0 Å². The molecule has 0 spiro atoms. The van der Waals surface area contributed by atoms with Gasteiger partial charge in [0.2, 0.25) is 0 Å². The normalized spacial score (nSPS) is 0. The minimum atomic E-state index is 0. The van der Waals surface area contributed by atoms with Gasteiger partial charge in [0.05, 0.1) is 0 Å². The number of hydrogen-bond acceptors (Lipinski definition) is 0. The van der Waals surface area contributed by atoms with Crippen LogP contribution in [0.3, 0.4) is 0 Å². The fourth-order valence-electron chi connectivity index (χ4n) is 0. The maximum Gasteiger partial charge on any atom is 0 e. The summed E-state index contributed by atoms with van der Waals surface area (Å²) in [5.41, 5.74) is 0. The molecule has 0 N–H and O–H groups in total. The second-order valence-electron chi connectivity index (χ2n) is 0. The molecule has 0 aliphatic carbocycles. The minimum Gasteiger partial charge on any atom is -0.0776 e. The third-order valence-corrected chi connectivity index (χ3v) is 0. The van der Waals surface area contributed by atoms with Gasteiger partial charge in [0.15, 0.2) is 0 Å². The summed E-state index contributed by atoms with van der Waals surface area (Å²) in [6, 6.07) is 0. The molecule has 35 valence electrons. The molecule has 0 saturated carbocycles. The maximum atomic E-state index is 0. The van der Waals surface area contributed by atoms with E-state index in [4.69, 9.17) is 0 Å². The molecule has 0 nitrogen and oxygen atoms in total. The zero-order valence-electron chi connectivity index (χ0n) is 1.60. The Kier molecular flexibility index (Phi) is 512. The Balaban J connectivity index is 0. The SMILES string of the molecule is C.[Mn].[Mo].[Ni].[Si]. The van der Waals surface area contributed by atoms with Crippen LogP contribution >= 0.6 is 0 Å². The summed E-state index contributed by atoms with van der Waals surface area (Å²) in [6.45, 7) is 0. The van der Waals surface area contributed by atoms with E-state index in [0.717, 1.165) is 0 Å². The predicted molar refractivity (Wildman–Crippen MR) is 12.5 cm³/mol. The summed E-state index contributed by atoms with van der Waals surface area (Å²) in [7, 11) is 0. The maximum absolute atomic E-state index is 0. The van der Waals surface area contributed by atoms with E-state index in [9.17, 15) is 0 Å². The van der Waals surface area contributed by atoms with Crippen molar-refractivity contribution in [2.45, 2.75) is 7.43 Å². The van der Waals surface area contributed by atoms with Gasteiger partial charge in [-0.2, -0.15) is 0 Å². The van der Waals surface area contributed by atoms with Crippen molar-refractivity contribution in [3.05, 3.63) is 0 Å². The summed E-state index contributed by atoms with van der Waals surface area (Å²) in [6.07, 6.45) is 0. The smallest absolute Gasteiger partial charge is 0 e. The molecule has 0 aromatic heterocycles. The van der Waals surface area contributed by atoms with Crippen LogP contribution in [0.2, 0.25) is 0 Å². The van der Waals surface area contributed by atoms with Crippen LogP contribution < -0.4 is 0 Å². The molecule has 4 heteroatoms. The molecule has 0 aliphatic heterocycles. The molecule has 0 saturated heterocycles. The Labute approximate surface area is 72.5 Å². The molecular weight excluding hydrogens is 250 g/mol. The monoisotopic (exact) mass is 255 g/mol. The second kappa shape index (κ2) is 38.9. The van der Waals surface area contributed by atoms with Gasteiger partial charge in [-0.05, 0) is 0 Å². The Morgan fingerprint density at radius 3 is 1.00 bits per heavy atom. The minimum absolute atomic E-state index is 0. The van der Waals surface area contributed by atoms with Crippen molar-refractivity contribution in [2.75, 3.05) is 0 Å². The van der Waals surface area contributed by atoms with Crippen molar-refractivity contribution < 1.29 is 54.6 Å². The van der Waals surface area contributed by atoms with Crippen LogP contribution in [0, 0.1) is 0 Å². The van der Waals surface area contributed by atoms with Crippen molar-refractivity contribution in [3.63, 3.8) is 0 Å². The van der Waals surface area contributed by atoms with E-state index in [0.29, 0.717) is 0 Å². The third kappa shape index (κ3) is 24.7. The van der Waals surface area contributed by atoms with Crippen LogP contribution in [0.1, 0.15) is 7.43 Å². The van der Waals surface area contributed by atoms with Crippen LogP contribution in [0.25, 0.3) is 0 Å². The first kappa shape index (κ1) is 65.9. The van der Waals surface area contributed by atoms with Gasteiger partial charge in [0.1, 0.15) is 0 Å². The van der Waals surface area contributed by atoms with Crippen LogP contribution in [0.5, 0.6) is 0 Å². The molecule has 0 rings (SSSR count). The van der Waals surface area contributed by atoms with Gasteiger partial charge >= 0.3 is 0 Å². The Morgan fingerprint density at radius 1 is 1.00 bits per heavy atom. The molecule has 0 fully saturated rings. The van der Waals surface area contributed by atoms with Gasteiger partial charge in [-0.3, -0.25) is 0 Å². The van der Waals surface area contributed by atoms with E-state index < -0.39 is 0 Å². The van der Waals surface area contributed by atoms with Crippen molar-refractivity contribution in [2.24, 2.45) is 0 Å². The quantitative estimate of drug-likeness (QED) is 0.543. The summed E-state index contributed by atoms with van der Waals surface area (Å²) >= 11 is 0.